The first kappa shape index (κ1) is 32.6. The number of allylic oxidation sites excluding steroid dienone is 2. The first-order valence-corrected chi connectivity index (χ1v) is 20.9. The Hall–Kier alpha value is -6.68. The molecule has 0 N–H and O–H groups in total. The second-order valence-electron chi connectivity index (χ2n) is 15.5. The van der Waals surface area contributed by atoms with E-state index in [9.17, 15) is 0 Å². The highest BCUT2D eigenvalue weighted by Crippen LogP contribution is 2.42. The summed E-state index contributed by atoms with van der Waals surface area (Å²) in [5, 5.41) is 5.31. The number of thiophene rings is 1. The second kappa shape index (κ2) is 12.9. The van der Waals surface area contributed by atoms with Crippen molar-refractivity contribution in [2.45, 2.75) is 25.7 Å². The minimum atomic E-state index is 1.01. The van der Waals surface area contributed by atoms with Gasteiger partial charge < -0.3 is 9.13 Å². The van der Waals surface area contributed by atoms with Crippen molar-refractivity contribution in [3.8, 4) is 44.8 Å². The Kier molecular flexibility index (Phi) is 7.39. The number of hydrogen-bond acceptors (Lipinski definition) is 1. The topological polar surface area (TPSA) is 9.86 Å². The lowest BCUT2D eigenvalue weighted by Gasteiger charge is -2.17. The van der Waals surface area contributed by atoms with E-state index in [1.54, 1.807) is 0 Å². The first-order valence-electron chi connectivity index (χ1n) is 20.1. The lowest BCUT2D eigenvalue weighted by atomic mass is 9.97. The molecule has 2 nitrogen and oxygen atoms in total. The van der Waals surface area contributed by atoms with Crippen LogP contribution in [0.3, 0.4) is 0 Å². The van der Waals surface area contributed by atoms with Crippen LogP contribution in [0, 0.1) is 0 Å². The van der Waals surface area contributed by atoms with E-state index in [-0.39, 0.29) is 0 Å². The Morgan fingerprint density at radius 1 is 0.368 bits per heavy atom. The van der Waals surface area contributed by atoms with Gasteiger partial charge in [-0.05, 0) is 126 Å². The Labute approximate surface area is 335 Å². The molecule has 3 heteroatoms. The summed E-state index contributed by atoms with van der Waals surface area (Å²) in [5.41, 5.74) is 17.9. The van der Waals surface area contributed by atoms with Crippen molar-refractivity contribution >= 4 is 65.5 Å². The van der Waals surface area contributed by atoms with Crippen LogP contribution in [0.15, 0.2) is 170 Å². The molecule has 10 aromatic rings. The van der Waals surface area contributed by atoms with Gasteiger partial charge in [-0.2, -0.15) is 0 Å². The number of rotatable bonds is 5. The predicted molar refractivity (Wildman–Crippen MR) is 244 cm³/mol. The molecule has 3 heterocycles. The molecule has 0 saturated carbocycles. The molecule has 0 saturated heterocycles. The predicted octanol–water partition coefficient (Wildman–Crippen LogP) is 14.9. The van der Waals surface area contributed by atoms with Crippen LogP contribution in [0.5, 0.6) is 0 Å². The van der Waals surface area contributed by atoms with E-state index in [4.69, 9.17) is 0 Å². The number of fused-ring (bicyclic) bond motifs is 9. The van der Waals surface area contributed by atoms with Gasteiger partial charge in [0.2, 0.25) is 0 Å². The average molecular weight is 747 g/mol. The molecule has 12 rings (SSSR count). The van der Waals surface area contributed by atoms with Gasteiger partial charge in [-0.25, -0.2) is 0 Å². The van der Waals surface area contributed by atoms with Crippen LogP contribution < -0.4 is 0 Å². The Bertz CT molecular complexity index is 3220. The van der Waals surface area contributed by atoms with Gasteiger partial charge in [0.05, 0.1) is 11.0 Å². The second-order valence-corrected chi connectivity index (χ2v) is 16.6. The zero-order valence-electron chi connectivity index (χ0n) is 31.5. The summed E-state index contributed by atoms with van der Waals surface area (Å²) in [6.07, 6.45) is 13.6. The molecule has 0 radical (unpaired) electrons. The highest BCUT2D eigenvalue weighted by atomic mass is 32.1. The number of hydrogen-bond donors (Lipinski definition) is 0. The monoisotopic (exact) mass is 746 g/mol. The van der Waals surface area contributed by atoms with Crippen LogP contribution >= 0.6 is 11.3 Å². The van der Waals surface area contributed by atoms with Gasteiger partial charge in [0.1, 0.15) is 0 Å². The van der Waals surface area contributed by atoms with Crippen LogP contribution in [-0.4, -0.2) is 9.13 Å². The van der Waals surface area contributed by atoms with E-state index in [2.05, 4.69) is 191 Å². The Morgan fingerprint density at radius 2 is 0.912 bits per heavy atom. The van der Waals surface area contributed by atoms with Crippen LogP contribution in [0.2, 0.25) is 0 Å². The molecule has 57 heavy (non-hydrogen) atoms. The molecule has 3 aromatic heterocycles. The lowest BCUT2D eigenvalue weighted by Crippen LogP contribution is -2.03. The van der Waals surface area contributed by atoms with Gasteiger partial charge in [0.25, 0.3) is 0 Å². The highest BCUT2D eigenvalue weighted by molar-refractivity contribution is 7.25. The minimum Gasteiger partial charge on any atom is -0.313 e. The normalized spacial score (nSPS) is 13.5. The minimum absolute atomic E-state index is 1.01. The van der Waals surface area contributed by atoms with Crippen molar-refractivity contribution < 1.29 is 0 Å². The maximum atomic E-state index is 2.54. The Balaban J connectivity index is 1.01. The zero-order chi connectivity index (χ0) is 37.5. The van der Waals surface area contributed by atoms with Crippen molar-refractivity contribution in [3.05, 3.63) is 192 Å². The Morgan fingerprint density at radius 3 is 1.53 bits per heavy atom. The van der Waals surface area contributed by atoms with Crippen molar-refractivity contribution in [1.82, 2.24) is 9.13 Å². The van der Waals surface area contributed by atoms with Crippen LogP contribution in [0.1, 0.15) is 35.4 Å². The summed E-state index contributed by atoms with van der Waals surface area (Å²) >= 11 is 1.88. The third-order valence-electron chi connectivity index (χ3n) is 12.2. The molecule has 270 valence electrons. The lowest BCUT2D eigenvalue weighted by molar-refractivity contribution is 0.889. The standard InChI is InChI=1S/C54H38N2S/c1-3-13-35(14-4-1)39-29-40(36-15-5-2-6-16-36)31-42(30-39)56-50-21-11-8-18-44(50)47-33-38(24-27-52(47)56)37-23-26-51-46(32-37)43-17-7-10-20-49(43)55(51)41-25-28-54-48(34-41)45-19-9-12-22-53(45)57-54/h1-9,12-19,22-34H,10-11,20-21H2. The molecule has 0 bridgehead atoms. The maximum Gasteiger partial charge on any atom is 0.0538 e. The molecule has 0 fully saturated rings. The van der Waals surface area contributed by atoms with Gasteiger partial charge in [-0.15, -0.1) is 11.3 Å². The van der Waals surface area contributed by atoms with E-state index in [1.807, 2.05) is 11.3 Å². The van der Waals surface area contributed by atoms with Gasteiger partial charge >= 0.3 is 0 Å². The summed E-state index contributed by atoms with van der Waals surface area (Å²) in [5.74, 6) is 0. The van der Waals surface area contributed by atoms with Gasteiger partial charge in [-0.3, -0.25) is 0 Å². The maximum absolute atomic E-state index is 2.54. The SMILES string of the molecule is C1=Cc2c(n(-c3cc(-c4ccccc4)cc(-c4ccccc4)c3)c3ccc(-c4ccc5c(c4)c4c(n5-c5ccc6sc7ccccc7c6c5)CCC=C4)cc23)CC1. The average Bonchev–Trinajstić information content (AvgIpc) is 3.94. The summed E-state index contributed by atoms with van der Waals surface area (Å²) in [6.45, 7) is 0. The molecule has 0 amide bonds. The van der Waals surface area contributed by atoms with Crippen LogP contribution in [0.25, 0.3) is 98.9 Å². The summed E-state index contributed by atoms with van der Waals surface area (Å²) in [4.78, 5) is 0. The molecule has 7 aromatic carbocycles. The molecular formula is C54H38N2S. The van der Waals surface area contributed by atoms with Crippen LogP contribution in [0.4, 0.5) is 0 Å². The largest absolute Gasteiger partial charge is 0.313 e. The molecule has 2 aliphatic rings. The fraction of sp³-hybridized carbons (Fsp3) is 0.0741. The van der Waals surface area contributed by atoms with E-state index in [1.165, 1.54) is 109 Å². The van der Waals surface area contributed by atoms with Crippen molar-refractivity contribution in [2.24, 2.45) is 0 Å². The molecule has 0 unspecified atom stereocenters. The smallest absolute Gasteiger partial charge is 0.0538 e. The zero-order valence-corrected chi connectivity index (χ0v) is 32.3. The fourth-order valence-electron chi connectivity index (χ4n) is 9.58. The molecule has 2 aliphatic carbocycles. The van der Waals surface area contributed by atoms with Gasteiger partial charge in [0.15, 0.2) is 0 Å². The van der Waals surface area contributed by atoms with Crippen LogP contribution in [-0.2, 0) is 12.8 Å². The van der Waals surface area contributed by atoms with E-state index >= 15 is 0 Å². The molecule has 0 aliphatic heterocycles. The number of nitrogens with zero attached hydrogens (tertiary/aromatic N) is 2. The van der Waals surface area contributed by atoms with Crippen molar-refractivity contribution in [2.75, 3.05) is 0 Å². The first-order chi connectivity index (χ1) is 28.2. The van der Waals surface area contributed by atoms with Gasteiger partial charge in [-0.1, -0.05) is 115 Å². The number of benzene rings is 7. The van der Waals surface area contributed by atoms with E-state index < -0.39 is 0 Å². The van der Waals surface area contributed by atoms with Crippen molar-refractivity contribution in [3.63, 3.8) is 0 Å². The summed E-state index contributed by atoms with van der Waals surface area (Å²) < 4.78 is 7.75. The quantitative estimate of drug-likeness (QED) is 0.166. The summed E-state index contributed by atoms with van der Waals surface area (Å²) in [6, 6.07) is 58.8. The third-order valence-corrected chi connectivity index (χ3v) is 13.4. The van der Waals surface area contributed by atoms with Gasteiger partial charge in [0, 0.05) is 64.8 Å². The highest BCUT2D eigenvalue weighted by Gasteiger charge is 2.23. The summed E-state index contributed by atoms with van der Waals surface area (Å²) in [7, 11) is 0. The molecule has 0 atom stereocenters. The number of aromatic nitrogens is 2. The molecular weight excluding hydrogens is 709 g/mol. The third kappa shape index (κ3) is 5.23. The van der Waals surface area contributed by atoms with E-state index in [0.29, 0.717) is 0 Å². The molecule has 0 spiro atoms. The fourth-order valence-corrected chi connectivity index (χ4v) is 10.7. The van der Waals surface area contributed by atoms with Crippen molar-refractivity contribution in [1.29, 1.82) is 0 Å². The van der Waals surface area contributed by atoms with E-state index in [0.717, 1.165) is 25.7 Å².